The number of nitrogens with one attached hydrogen (secondary N) is 1. The summed E-state index contributed by atoms with van der Waals surface area (Å²) >= 11 is 0. The first-order valence-corrected chi connectivity index (χ1v) is 6.56. The van der Waals surface area contributed by atoms with E-state index >= 15 is 0 Å². The fourth-order valence-corrected chi connectivity index (χ4v) is 1.95. The molecule has 0 aliphatic carbocycles. The van der Waals surface area contributed by atoms with Crippen LogP contribution in [0.1, 0.15) is 30.5 Å². The Kier molecular flexibility index (Phi) is 5.36. The van der Waals surface area contributed by atoms with Gasteiger partial charge >= 0.3 is 0 Å². The molecular formula is C15H24N2O2. The smallest absolute Gasteiger partial charge is 0.234 e. The minimum absolute atomic E-state index is 0.000762. The number of amides is 1. The number of hydrogen-bond donors (Lipinski definition) is 2. The number of nitrogens with zero attached hydrogens (tertiary/aromatic N) is 1. The topological polar surface area (TPSA) is 52.6 Å². The summed E-state index contributed by atoms with van der Waals surface area (Å²) in [6.45, 7) is 8.74. The molecule has 1 aromatic rings. The van der Waals surface area contributed by atoms with Gasteiger partial charge in [0.05, 0.1) is 6.54 Å². The summed E-state index contributed by atoms with van der Waals surface area (Å²) in [5.41, 5.74) is 3.07. The summed E-state index contributed by atoms with van der Waals surface area (Å²) in [6, 6.07) is 3.89. The molecule has 0 saturated carbocycles. The van der Waals surface area contributed by atoms with Crippen LogP contribution in [0.25, 0.3) is 0 Å². The fourth-order valence-electron chi connectivity index (χ4n) is 1.95. The van der Waals surface area contributed by atoms with E-state index in [0.29, 0.717) is 18.8 Å². The molecule has 0 fully saturated rings. The maximum Gasteiger partial charge on any atom is 0.234 e. The molecule has 1 aromatic carbocycles. The molecule has 0 aliphatic heterocycles. The lowest BCUT2D eigenvalue weighted by Crippen LogP contribution is -2.38. The Bertz CT molecular complexity index is 456. The number of rotatable bonds is 5. The van der Waals surface area contributed by atoms with Crippen molar-refractivity contribution in [3.63, 3.8) is 0 Å². The van der Waals surface area contributed by atoms with E-state index in [1.165, 1.54) is 0 Å². The van der Waals surface area contributed by atoms with Gasteiger partial charge in [0.15, 0.2) is 0 Å². The predicted octanol–water partition coefficient (Wildman–Crippen LogP) is 1.97. The fraction of sp³-hybridized carbons (Fsp3) is 0.533. The Morgan fingerprint density at radius 3 is 2.47 bits per heavy atom. The van der Waals surface area contributed by atoms with Gasteiger partial charge < -0.3 is 10.4 Å². The highest BCUT2D eigenvalue weighted by Gasteiger charge is 2.11. The second kappa shape index (κ2) is 6.57. The van der Waals surface area contributed by atoms with Gasteiger partial charge in [-0.05, 0) is 51.9 Å². The number of aromatic hydroxyl groups is 1. The number of benzene rings is 1. The zero-order chi connectivity index (χ0) is 14.6. The summed E-state index contributed by atoms with van der Waals surface area (Å²) in [5.74, 6) is 0.292. The van der Waals surface area contributed by atoms with Crippen molar-refractivity contribution in [2.24, 2.45) is 0 Å². The summed E-state index contributed by atoms with van der Waals surface area (Å²) in [5, 5.41) is 12.8. The monoisotopic (exact) mass is 264 g/mol. The van der Waals surface area contributed by atoms with Gasteiger partial charge in [0.1, 0.15) is 5.75 Å². The minimum atomic E-state index is 0.000762. The number of carbonyl (C=O) groups is 1. The zero-order valence-corrected chi connectivity index (χ0v) is 12.4. The summed E-state index contributed by atoms with van der Waals surface area (Å²) < 4.78 is 0. The van der Waals surface area contributed by atoms with Gasteiger partial charge in [-0.1, -0.05) is 6.07 Å². The van der Waals surface area contributed by atoms with Crippen molar-refractivity contribution in [3.8, 4) is 5.75 Å². The quantitative estimate of drug-likeness (QED) is 0.855. The van der Waals surface area contributed by atoms with Crippen LogP contribution in [0, 0.1) is 13.8 Å². The van der Waals surface area contributed by atoms with Crippen LogP contribution < -0.4 is 5.32 Å². The van der Waals surface area contributed by atoms with Crippen molar-refractivity contribution in [3.05, 3.63) is 28.8 Å². The molecule has 0 atom stereocenters. The van der Waals surface area contributed by atoms with Crippen molar-refractivity contribution < 1.29 is 9.90 Å². The second-order valence-corrected chi connectivity index (χ2v) is 5.46. The molecule has 0 radical (unpaired) electrons. The molecule has 0 aromatic heterocycles. The van der Waals surface area contributed by atoms with E-state index in [1.54, 1.807) is 6.07 Å². The number of phenols is 1. The summed E-state index contributed by atoms with van der Waals surface area (Å²) in [6.07, 6.45) is 0. The van der Waals surface area contributed by atoms with E-state index in [1.807, 2.05) is 45.7 Å². The Balaban J connectivity index is 2.64. The lowest BCUT2D eigenvalue weighted by atomic mass is 10.0. The number of hydrogen-bond acceptors (Lipinski definition) is 3. The van der Waals surface area contributed by atoms with Gasteiger partial charge in [0, 0.05) is 18.2 Å². The Morgan fingerprint density at radius 1 is 1.32 bits per heavy atom. The van der Waals surface area contributed by atoms with Gasteiger partial charge in [-0.15, -0.1) is 0 Å². The normalized spacial score (nSPS) is 11.1. The van der Waals surface area contributed by atoms with Crippen molar-refractivity contribution >= 4 is 5.91 Å². The molecule has 19 heavy (non-hydrogen) atoms. The molecule has 0 bridgehead atoms. The van der Waals surface area contributed by atoms with Crippen molar-refractivity contribution in [2.75, 3.05) is 13.6 Å². The van der Waals surface area contributed by atoms with E-state index in [2.05, 4.69) is 5.32 Å². The van der Waals surface area contributed by atoms with Crippen LogP contribution >= 0.6 is 0 Å². The Labute approximate surface area is 115 Å². The number of aryl methyl sites for hydroxylation is 2. The molecule has 4 nitrogen and oxygen atoms in total. The van der Waals surface area contributed by atoms with Crippen LogP contribution in [0.4, 0.5) is 0 Å². The molecular weight excluding hydrogens is 240 g/mol. The summed E-state index contributed by atoms with van der Waals surface area (Å²) in [7, 11) is 1.87. The molecule has 0 unspecified atom stereocenters. The lowest BCUT2D eigenvalue weighted by Gasteiger charge is -2.18. The molecule has 0 spiro atoms. The third-order valence-corrected chi connectivity index (χ3v) is 3.00. The highest BCUT2D eigenvalue weighted by atomic mass is 16.3. The van der Waals surface area contributed by atoms with Crippen LogP contribution in [0.15, 0.2) is 12.1 Å². The summed E-state index contributed by atoms with van der Waals surface area (Å²) in [4.78, 5) is 13.5. The second-order valence-electron chi connectivity index (χ2n) is 5.46. The van der Waals surface area contributed by atoms with Gasteiger partial charge in [-0.25, -0.2) is 0 Å². The van der Waals surface area contributed by atoms with E-state index in [4.69, 9.17) is 0 Å². The van der Waals surface area contributed by atoms with Gasteiger partial charge in [-0.3, -0.25) is 9.69 Å². The molecule has 1 amide bonds. The maximum atomic E-state index is 11.6. The Morgan fingerprint density at radius 2 is 1.89 bits per heavy atom. The van der Waals surface area contributed by atoms with Crippen molar-refractivity contribution in [1.82, 2.24) is 10.2 Å². The largest absolute Gasteiger partial charge is 0.508 e. The number of phenolic OH excluding ortho intramolecular Hbond substituents is 1. The van der Waals surface area contributed by atoms with E-state index in [0.717, 1.165) is 16.7 Å². The first-order valence-electron chi connectivity index (χ1n) is 6.56. The first kappa shape index (κ1) is 15.5. The van der Waals surface area contributed by atoms with Crippen LogP contribution in [0.3, 0.4) is 0 Å². The van der Waals surface area contributed by atoms with Gasteiger partial charge in [0.25, 0.3) is 0 Å². The SMILES string of the molecule is Cc1cc(O)c(CN(C)CC(=O)NC(C)C)cc1C. The highest BCUT2D eigenvalue weighted by molar-refractivity contribution is 5.78. The van der Waals surface area contributed by atoms with E-state index in [-0.39, 0.29) is 11.9 Å². The predicted molar refractivity (Wildman–Crippen MR) is 77.2 cm³/mol. The molecule has 0 heterocycles. The van der Waals surface area contributed by atoms with Crippen LogP contribution in [0.5, 0.6) is 5.75 Å². The van der Waals surface area contributed by atoms with Crippen LogP contribution in [-0.4, -0.2) is 35.5 Å². The molecule has 0 aliphatic rings. The molecule has 4 heteroatoms. The third kappa shape index (κ3) is 4.91. The molecule has 106 valence electrons. The van der Waals surface area contributed by atoms with Crippen molar-refractivity contribution in [2.45, 2.75) is 40.3 Å². The van der Waals surface area contributed by atoms with Crippen molar-refractivity contribution in [1.29, 1.82) is 0 Å². The maximum absolute atomic E-state index is 11.6. The zero-order valence-electron chi connectivity index (χ0n) is 12.4. The van der Waals surface area contributed by atoms with Crippen LogP contribution in [-0.2, 0) is 11.3 Å². The number of likely N-dealkylation sites (N-methyl/N-ethyl adjacent to an activating group) is 1. The van der Waals surface area contributed by atoms with Crippen LogP contribution in [0.2, 0.25) is 0 Å². The molecule has 1 rings (SSSR count). The third-order valence-electron chi connectivity index (χ3n) is 3.00. The Hall–Kier alpha value is -1.55. The van der Waals surface area contributed by atoms with Gasteiger partial charge in [0.2, 0.25) is 5.91 Å². The minimum Gasteiger partial charge on any atom is -0.508 e. The van der Waals surface area contributed by atoms with E-state index < -0.39 is 0 Å². The number of carbonyl (C=O) groups excluding carboxylic acids is 1. The molecule has 0 saturated heterocycles. The van der Waals surface area contributed by atoms with Gasteiger partial charge in [-0.2, -0.15) is 0 Å². The standard InChI is InChI=1S/C15H24N2O2/c1-10(2)16-15(19)9-17(5)8-13-6-11(3)12(4)7-14(13)18/h6-7,10,18H,8-9H2,1-5H3,(H,16,19). The highest BCUT2D eigenvalue weighted by Crippen LogP contribution is 2.22. The lowest BCUT2D eigenvalue weighted by molar-refractivity contribution is -0.122. The van der Waals surface area contributed by atoms with E-state index in [9.17, 15) is 9.90 Å². The first-order chi connectivity index (χ1) is 8.79. The average Bonchev–Trinajstić information content (AvgIpc) is 2.24. The molecule has 2 N–H and O–H groups in total. The average molecular weight is 264 g/mol.